The monoisotopic (exact) mass is 314 g/mol. The number of nitrogens with zero attached hydrogens (tertiary/aromatic N) is 1. The summed E-state index contributed by atoms with van der Waals surface area (Å²) in [7, 11) is 2.09. The van der Waals surface area contributed by atoms with Crippen molar-refractivity contribution in [2.45, 2.75) is 26.0 Å². The molecule has 0 bridgehead atoms. The molecule has 1 rings (SSSR count). The maximum Gasteiger partial charge on any atom is 0.0597 e. The summed E-state index contributed by atoms with van der Waals surface area (Å²) < 4.78 is 6.66. The van der Waals surface area contributed by atoms with Gasteiger partial charge in [-0.3, -0.25) is 4.90 Å². The fourth-order valence-electron chi connectivity index (χ4n) is 1.84. The third-order valence-electron chi connectivity index (χ3n) is 2.91. The van der Waals surface area contributed by atoms with Crippen LogP contribution >= 0.6 is 15.9 Å². The van der Waals surface area contributed by atoms with Crippen molar-refractivity contribution >= 4 is 15.9 Å². The lowest BCUT2D eigenvalue weighted by atomic mass is 10.1. The summed E-state index contributed by atoms with van der Waals surface area (Å²) >= 11 is 3.45. The highest BCUT2D eigenvalue weighted by Crippen LogP contribution is 2.20. The second-order valence-corrected chi connectivity index (χ2v) is 5.62. The Morgan fingerprint density at radius 1 is 1.28 bits per heavy atom. The summed E-state index contributed by atoms with van der Waals surface area (Å²) in [6.45, 7) is 6.33. The molecule has 1 atom stereocenters. The molecular weight excluding hydrogens is 292 g/mol. The maximum atomic E-state index is 5.88. The van der Waals surface area contributed by atoms with E-state index < -0.39 is 0 Å². The lowest BCUT2D eigenvalue weighted by Crippen LogP contribution is -2.33. The number of nitrogens with two attached hydrogens (primary N) is 1. The molecule has 0 aliphatic carbocycles. The zero-order valence-corrected chi connectivity index (χ0v) is 13.0. The van der Waals surface area contributed by atoms with Gasteiger partial charge in [-0.1, -0.05) is 28.1 Å². The lowest BCUT2D eigenvalue weighted by molar-refractivity contribution is 0.0564. The van der Waals surface area contributed by atoms with Crippen LogP contribution < -0.4 is 5.73 Å². The molecule has 102 valence electrons. The molecule has 1 aromatic carbocycles. The highest BCUT2D eigenvalue weighted by molar-refractivity contribution is 9.10. The number of likely N-dealkylation sites (N-methyl/N-ethyl adjacent to an activating group) is 1. The van der Waals surface area contributed by atoms with Crippen LogP contribution in [0.3, 0.4) is 0 Å². The van der Waals surface area contributed by atoms with E-state index in [4.69, 9.17) is 10.5 Å². The fourth-order valence-corrected chi connectivity index (χ4v) is 2.11. The summed E-state index contributed by atoms with van der Waals surface area (Å²) in [5.74, 6) is 0. The van der Waals surface area contributed by atoms with Crippen LogP contribution in [0.25, 0.3) is 0 Å². The Balaban J connectivity index is 2.56. The minimum Gasteiger partial charge on any atom is -0.377 e. The predicted octanol–water partition coefficient (Wildman–Crippen LogP) is 2.81. The van der Waals surface area contributed by atoms with Crippen molar-refractivity contribution in [1.82, 2.24) is 4.90 Å². The smallest absolute Gasteiger partial charge is 0.0597 e. The highest BCUT2D eigenvalue weighted by Gasteiger charge is 2.15. The van der Waals surface area contributed by atoms with Gasteiger partial charge in [-0.15, -0.1) is 0 Å². The Hall–Kier alpha value is -0.420. The Morgan fingerprint density at radius 3 is 2.39 bits per heavy atom. The quantitative estimate of drug-likeness (QED) is 0.841. The summed E-state index contributed by atoms with van der Waals surface area (Å²) in [5, 5.41) is 0. The average Bonchev–Trinajstić information content (AvgIpc) is 2.32. The molecule has 3 nitrogen and oxygen atoms in total. The van der Waals surface area contributed by atoms with E-state index in [0.717, 1.165) is 17.6 Å². The molecule has 0 amide bonds. The molecular formula is C14H23BrN2O. The van der Waals surface area contributed by atoms with Gasteiger partial charge in [0.1, 0.15) is 0 Å². The fraction of sp³-hybridized carbons (Fsp3) is 0.571. The number of ether oxygens (including phenoxy) is 1. The molecule has 0 aliphatic rings. The number of benzene rings is 1. The number of halogens is 1. The van der Waals surface area contributed by atoms with Gasteiger partial charge in [0.2, 0.25) is 0 Å². The number of hydrogen-bond donors (Lipinski definition) is 1. The van der Waals surface area contributed by atoms with E-state index in [-0.39, 0.29) is 12.1 Å². The van der Waals surface area contributed by atoms with E-state index in [1.807, 2.05) is 0 Å². The van der Waals surface area contributed by atoms with Crippen LogP contribution in [0.5, 0.6) is 0 Å². The van der Waals surface area contributed by atoms with Gasteiger partial charge < -0.3 is 10.5 Å². The van der Waals surface area contributed by atoms with E-state index in [0.29, 0.717) is 6.54 Å². The first-order valence-electron chi connectivity index (χ1n) is 6.32. The van der Waals surface area contributed by atoms with Crippen molar-refractivity contribution in [3.8, 4) is 0 Å². The molecule has 18 heavy (non-hydrogen) atoms. The first-order chi connectivity index (χ1) is 8.54. The molecule has 0 aliphatic heterocycles. The first kappa shape index (κ1) is 15.6. The van der Waals surface area contributed by atoms with Crippen LogP contribution in [0, 0.1) is 0 Å². The van der Waals surface area contributed by atoms with Gasteiger partial charge in [-0.2, -0.15) is 0 Å². The van der Waals surface area contributed by atoms with Crippen molar-refractivity contribution in [2.75, 3.05) is 26.7 Å². The summed E-state index contributed by atoms with van der Waals surface area (Å²) in [6.07, 6.45) is 0.280. The second kappa shape index (κ2) is 7.89. The molecule has 1 unspecified atom stereocenters. The van der Waals surface area contributed by atoms with Crippen molar-refractivity contribution in [1.29, 1.82) is 0 Å². The van der Waals surface area contributed by atoms with Crippen molar-refractivity contribution in [2.24, 2.45) is 5.73 Å². The zero-order chi connectivity index (χ0) is 13.5. The van der Waals surface area contributed by atoms with Crippen LogP contribution in [0.1, 0.15) is 25.5 Å². The summed E-state index contributed by atoms with van der Waals surface area (Å²) in [4.78, 5) is 2.24. The number of hydrogen-bond acceptors (Lipinski definition) is 3. The lowest BCUT2D eigenvalue weighted by Gasteiger charge is -2.27. The van der Waals surface area contributed by atoms with Crippen LogP contribution in [0.2, 0.25) is 0 Å². The minimum absolute atomic E-state index is 0.244. The second-order valence-electron chi connectivity index (χ2n) is 4.70. The molecule has 4 heteroatoms. The van der Waals surface area contributed by atoms with Crippen molar-refractivity contribution in [3.05, 3.63) is 34.3 Å². The van der Waals surface area contributed by atoms with Gasteiger partial charge in [-0.05, 0) is 38.6 Å². The largest absolute Gasteiger partial charge is 0.377 e. The SMILES string of the molecule is CC(C)OCCN(C)C(CN)c1ccc(Br)cc1. The van der Waals surface area contributed by atoms with Crippen molar-refractivity contribution in [3.63, 3.8) is 0 Å². The van der Waals surface area contributed by atoms with Crippen LogP contribution in [0.15, 0.2) is 28.7 Å². The molecule has 0 heterocycles. The normalized spacial score (nSPS) is 13.3. The molecule has 0 fully saturated rings. The van der Waals surface area contributed by atoms with Crippen LogP contribution in [0.4, 0.5) is 0 Å². The third-order valence-corrected chi connectivity index (χ3v) is 3.43. The average molecular weight is 315 g/mol. The van der Waals surface area contributed by atoms with Crippen molar-refractivity contribution < 1.29 is 4.74 Å². The van der Waals surface area contributed by atoms with E-state index in [2.05, 4.69) is 66.0 Å². The first-order valence-corrected chi connectivity index (χ1v) is 7.11. The molecule has 0 aromatic heterocycles. The van der Waals surface area contributed by atoms with Gasteiger partial charge in [0.05, 0.1) is 12.7 Å². The van der Waals surface area contributed by atoms with Gasteiger partial charge in [0.15, 0.2) is 0 Å². The van der Waals surface area contributed by atoms with E-state index in [1.165, 1.54) is 5.56 Å². The summed E-state index contributed by atoms with van der Waals surface area (Å²) in [6, 6.07) is 8.57. The van der Waals surface area contributed by atoms with Crippen LogP contribution in [-0.2, 0) is 4.74 Å². The molecule has 0 saturated heterocycles. The Kier molecular flexibility index (Phi) is 6.86. The third kappa shape index (κ3) is 5.06. The van der Waals surface area contributed by atoms with Gasteiger partial charge in [0, 0.05) is 23.6 Å². The molecule has 0 spiro atoms. The molecule has 2 N–H and O–H groups in total. The molecule has 1 aromatic rings. The maximum absolute atomic E-state index is 5.88. The molecule has 0 radical (unpaired) electrons. The topological polar surface area (TPSA) is 38.5 Å². The predicted molar refractivity (Wildman–Crippen MR) is 79.7 cm³/mol. The van der Waals surface area contributed by atoms with Gasteiger partial charge in [0.25, 0.3) is 0 Å². The van der Waals surface area contributed by atoms with Gasteiger partial charge >= 0.3 is 0 Å². The van der Waals surface area contributed by atoms with Crippen LogP contribution in [-0.4, -0.2) is 37.7 Å². The Labute approximate surface area is 118 Å². The van der Waals surface area contributed by atoms with E-state index in [1.54, 1.807) is 0 Å². The summed E-state index contributed by atoms with van der Waals surface area (Å²) in [5.41, 5.74) is 7.12. The number of rotatable bonds is 7. The van der Waals surface area contributed by atoms with Gasteiger partial charge in [-0.25, -0.2) is 0 Å². The zero-order valence-electron chi connectivity index (χ0n) is 11.4. The Bertz CT molecular complexity index is 340. The Morgan fingerprint density at radius 2 is 1.89 bits per heavy atom. The highest BCUT2D eigenvalue weighted by atomic mass is 79.9. The molecule has 0 saturated carbocycles. The minimum atomic E-state index is 0.244. The van der Waals surface area contributed by atoms with E-state index in [9.17, 15) is 0 Å². The van der Waals surface area contributed by atoms with E-state index >= 15 is 0 Å². The standard InChI is InChI=1S/C14H23BrN2O/c1-11(2)18-9-8-17(3)14(10-16)12-4-6-13(15)7-5-12/h4-7,11,14H,8-10,16H2,1-3H3.